The van der Waals surface area contributed by atoms with E-state index in [2.05, 4.69) is 5.10 Å². The number of rotatable bonds is 5. The molecule has 4 atom stereocenters. The lowest BCUT2D eigenvalue weighted by atomic mass is 9.78. The molecule has 1 aliphatic heterocycles. The summed E-state index contributed by atoms with van der Waals surface area (Å²) >= 11 is 0. The van der Waals surface area contributed by atoms with E-state index in [1.165, 1.54) is 7.11 Å². The molecule has 0 radical (unpaired) electrons. The highest BCUT2D eigenvalue weighted by Gasteiger charge is 2.44. The molecular formula is C22H27N3O5. The summed E-state index contributed by atoms with van der Waals surface area (Å²) in [6, 6.07) is 8.53. The lowest BCUT2D eigenvalue weighted by molar-refractivity contribution is -0.0231. The number of hydrogen-bond donors (Lipinski definition) is 1. The highest BCUT2D eigenvalue weighted by Crippen LogP contribution is 2.38. The predicted molar refractivity (Wildman–Crippen MR) is 108 cm³/mol. The predicted octanol–water partition coefficient (Wildman–Crippen LogP) is 1.98. The Kier molecular flexibility index (Phi) is 5.76. The van der Waals surface area contributed by atoms with Gasteiger partial charge in [0.1, 0.15) is 17.5 Å². The highest BCUT2D eigenvalue weighted by molar-refractivity contribution is 5.92. The highest BCUT2D eigenvalue weighted by atomic mass is 16.5. The molecule has 1 N–H and O–H groups in total. The smallest absolute Gasteiger partial charge is 0.337 e. The number of hydrogen-bond acceptors (Lipinski definition) is 6. The van der Waals surface area contributed by atoms with Crippen molar-refractivity contribution in [1.29, 1.82) is 0 Å². The van der Waals surface area contributed by atoms with Crippen molar-refractivity contribution in [2.24, 2.45) is 11.8 Å². The average molecular weight is 413 g/mol. The van der Waals surface area contributed by atoms with Crippen molar-refractivity contribution in [3.63, 3.8) is 0 Å². The molecule has 8 nitrogen and oxygen atoms in total. The summed E-state index contributed by atoms with van der Waals surface area (Å²) in [5.41, 5.74) is 0.866. The molecule has 1 aromatic heterocycles. The van der Waals surface area contributed by atoms with E-state index < -0.39 is 12.1 Å². The van der Waals surface area contributed by atoms with E-state index in [4.69, 9.17) is 9.47 Å². The van der Waals surface area contributed by atoms with Crippen LogP contribution in [0.4, 0.5) is 0 Å². The van der Waals surface area contributed by atoms with Gasteiger partial charge >= 0.3 is 5.97 Å². The number of esters is 1. The molecule has 1 aliphatic carbocycles. The van der Waals surface area contributed by atoms with Gasteiger partial charge in [-0.15, -0.1) is 0 Å². The second-order valence-corrected chi connectivity index (χ2v) is 8.00. The zero-order valence-corrected chi connectivity index (χ0v) is 17.2. The number of aromatic nitrogens is 2. The van der Waals surface area contributed by atoms with Crippen LogP contribution in [-0.2, 0) is 11.3 Å². The van der Waals surface area contributed by atoms with Crippen LogP contribution in [0.5, 0.6) is 5.75 Å². The number of benzene rings is 1. The lowest BCUT2D eigenvalue weighted by Gasteiger charge is -2.35. The van der Waals surface area contributed by atoms with Crippen molar-refractivity contribution in [2.45, 2.75) is 38.5 Å². The van der Waals surface area contributed by atoms with Crippen molar-refractivity contribution in [3.05, 3.63) is 47.8 Å². The average Bonchev–Trinajstić information content (AvgIpc) is 3.40. The number of methoxy groups -OCH3 is 1. The van der Waals surface area contributed by atoms with Crippen LogP contribution in [0.3, 0.4) is 0 Å². The van der Waals surface area contributed by atoms with Gasteiger partial charge in [-0.3, -0.25) is 9.48 Å². The van der Waals surface area contributed by atoms with E-state index in [0.29, 0.717) is 42.9 Å². The molecule has 2 aliphatic rings. The third kappa shape index (κ3) is 4.05. The molecule has 30 heavy (non-hydrogen) atoms. The second kappa shape index (κ2) is 8.47. The molecule has 0 unspecified atom stereocenters. The number of ether oxygens (including phenoxy) is 2. The molecule has 2 fully saturated rings. The molecule has 4 rings (SSSR count). The van der Waals surface area contributed by atoms with E-state index in [1.54, 1.807) is 35.0 Å². The normalized spacial score (nSPS) is 25.6. The van der Waals surface area contributed by atoms with Crippen LogP contribution in [0.1, 0.15) is 40.6 Å². The number of likely N-dealkylation sites (tertiary alicyclic amines) is 1. The van der Waals surface area contributed by atoms with E-state index in [9.17, 15) is 14.7 Å². The standard InChI is InChI=1S/C22H27N3O5/c1-3-25-8-7-18(23-25)21(27)24-12-15-10-19(26)20(11-16(15)13-24)30-17-6-4-5-14(9-17)22(28)29-2/h4-9,15-16,19-20,26H,3,10-13H2,1-2H3/t15-,16+,19+,20+/m0/s1. The molecule has 1 saturated carbocycles. The monoisotopic (exact) mass is 413 g/mol. The topological polar surface area (TPSA) is 93.9 Å². The molecule has 1 amide bonds. The van der Waals surface area contributed by atoms with E-state index in [-0.39, 0.29) is 23.8 Å². The summed E-state index contributed by atoms with van der Waals surface area (Å²) in [5, 5.41) is 15.0. The molecular weight excluding hydrogens is 386 g/mol. The number of amides is 1. The first kappa shape index (κ1) is 20.4. The number of aliphatic hydroxyl groups is 1. The number of fused-ring (bicyclic) bond motifs is 1. The van der Waals surface area contributed by atoms with Gasteiger partial charge in [-0.05, 0) is 55.9 Å². The Bertz CT molecular complexity index is 927. The molecule has 2 aromatic rings. The fourth-order valence-corrected chi connectivity index (χ4v) is 4.49. The Morgan fingerprint density at radius 1 is 1.20 bits per heavy atom. The Balaban J connectivity index is 1.41. The summed E-state index contributed by atoms with van der Waals surface area (Å²) < 4.78 is 12.5. The Morgan fingerprint density at radius 2 is 1.97 bits per heavy atom. The first-order valence-corrected chi connectivity index (χ1v) is 10.3. The van der Waals surface area contributed by atoms with Crippen molar-refractivity contribution >= 4 is 11.9 Å². The Hall–Kier alpha value is -2.87. The summed E-state index contributed by atoms with van der Waals surface area (Å²) in [4.78, 5) is 26.4. The van der Waals surface area contributed by atoms with Gasteiger partial charge in [0.25, 0.3) is 5.91 Å². The molecule has 1 saturated heterocycles. The maximum Gasteiger partial charge on any atom is 0.337 e. The zero-order chi connectivity index (χ0) is 21.3. The van der Waals surface area contributed by atoms with Gasteiger partial charge in [-0.2, -0.15) is 5.10 Å². The Morgan fingerprint density at radius 3 is 2.67 bits per heavy atom. The van der Waals surface area contributed by atoms with Gasteiger partial charge in [-0.1, -0.05) is 6.07 Å². The van der Waals surface area contributed by atoms with Crippen molar-refractivity contribution in [3.8, 4) is 5.75 Å². The number of aryl methyl sites for hydroxylation is 1. The fourth-order valence-electron chi connectivity index (χ4n) is 4.49. The van der Waals surface area contributed by atoms with E-state index >= 15 is 0 Å². The third-order valence-electron chi connectivity index (χ3n) is 6.10. The van der Waals surface area contributed by atoms with Crippen LogP contribution in [0, 0.1) is 11.8 Å². The maximum absolute atomic E-state index is 12.8. The number of aliphatic hydroxyl groups excluding tert-OH is 1. The minimum atomic E-state index is -0.623. The number of carbonyl (C=O) groups excluding carboxylic acids is 2. The summed E-state index contributed by atoms with van der Waals surface area (Å²) in [6.45, 7) is 3.97. The van der Waals surface area contributed by atoms with Crippen LogP contribution in [0.25, 0.3) is 0 Å². The maximum atomic E-state index is 12.8. The van der Waals surface area contributed by atoms with Gasteiger partial charge in [0, 0.05) is 25.8 Å². The van der Waals surface area contributed by atoms with Gasteiger partial charge < -0.3 is 19.5 Å². The van der Waals surface area contributed by atoms with Crippen LogP contribution >= 0.6 is 0 Å². The minimum Gasteiger partial charge on any atom is -0.488 e. The van der Waals surface area contributed by atoms with Crippen LogP contribution in [-0.4, -0.2) is 64.1 Å². The minimum absolute atomic E-state index is 0.0608. The summed E-state index contributed by atoms with van der Waals surface area (Å²) in [5.74, 6) is 0.545. The van der Waals surface area contributed by atoms with Crippen molar-refractivity contribution in [2.75, 3.05) is 20.2 Å². The fraction of sp³-hybridized carbons (Fsp3) is 0.500. The van der Waals surface area contributed by atoms with Gasteiger partial charge in [0.2, 0.25) is 0 Å². The van der Waals surface area contributed by atoms with Crippen molar-refractivity contribution in [1.82, 2.24) is 14.7 Å². The molecule has 160 valence electrons. The zero-order valence-electron chi connectivity index (χ0n) is 17.2. The van der Waals surface area contributed by atoms with Crippen LogP contribution in [0.2, 0.25) is 0 Å². The first-order valence-electron chi connectivity index (χ1n) is 10.3. The first-order chi connectivity index (χ1) is 14.5. The number of nitrogens with zero attached hydrogens (tertiary/aromatic N) is 3. The SMILES string of the molecule is CCn1ccc(C(=O)N2C[C@H]3C[C@@H](Oc4cccc(C(=O)OC)c4)[C@H](O)C[C@H]3C2)n1. The van der Waals surface area contributed by atoms with E-state index in [0.717, 1.165) is 6.54 Å². The quantitative estimate of drug-likeness (QED) is 0.754. The Labute approximate surface area is 175 Å². The summed E-state index contributed by atoms with van der Waals surface area (Å²) in [7, 11) is 1.33. The van der Waals surface area contributed by atoms with Gasteiger partial charge in [0.15, 0.2) is 0 Å². The molecule has 0 bridgehead atoms. The molecule has 1 aromatic carbocycles. The second-order valence-electron chi connectivity index (χ2n) is 8.00. The molecule has 2 heterocycles. The van der Waals surface area contributed by atoms with Gasteiger partial charge in [-0.25, -0.2) is 4.79 Å². The van der Waals surface area contributed by atoms with Gasteiger partial charge in [0.05, 0.1) is 18.8 Å². The molecule has 0 spiro atoms. The van der Waals surface area contributed by atoms with E-state index in [1.807, 2.05) is 18.0 Å². The molecule has 8 heteroatoms. The summed E-state index contributed by atoms with van der Waals surface area (Å²) in [6.07, 6.45) is 2.04. The largest absolute Gasteiger partial charge is 0.488 e. The third-order valence-corrected chi connectivity index (χ3v) is 6.10. The lowest BCUT2D eigenvalue weighted by Crippen LogP contribution is -2.42. The van der Waals surface area contributed by atoms with Crippen LogP contribution < -0.4 is 4.74 Å². The van der Waals surface area contributed by atoms with Crippen LogP contribution in [0.15, 0.2) is 36.5 Å². The number of carbonyl (C=O) groups is 2. The van der Waals surface area contributed by atoms with Crippen molar-refractivity contribution < 1.29 is 24.2 Å².